The summed E-state index contributed by atoms with van der Waals surface area (Å²) in [6.45, 7) is -0.190. The van der Waals surface area contributed by atoms with Gasteiger partial charge < -0.3 is 9.67 Å². The van der Waals surface area contributed by atoms with Crippen LogP contribution in [0.5, 0.6) is 0 Å². The minimum absolute atomic E-state index is 0.0222. The van der Waals surface area contributed by atoms with Crippen LogP contribution < -0.4 is 0 Å². The highest BCUT2D eigenvalue weighted by atomic mass is 19.1. The van der Waals surface area contributed by atoms with Gasteiger partial charge in [0.25, 0.3) is 0 Å². The number of halogens is 2. The molecule has 1 heterocycles. The number of hydrogen-bond acceptors (Lipinski definition) is 2. The SMILES string of the molecule is OCc1cncn1Cc1c(F)cccc1F. The molecule has 0 atom stereocenters. The van der Waals surface area contributed by atoms with E-state index in [9.17, 15) is 8.78 Å². The molecule has 0 spiro atoms. The topological polar surface area (TPSA) is 38.1 Å². The summed E-state index contributed by atoms with van der Waals surface area (Å²) < 4.78 is 28.2. The molecule has 0 aliphatic rings. The van der Waals surface area contributed by atoms with Gasteiger partial charge in [-0.3, -0.25) is 0 Å². The summed E-state index contributed by atoms with van der Waals surface area (Å²) >= 11 is 0. The van der Waals surface area contributed by atoms with E-state index in [0.717, 1.165) is 0 Å². The van der Waals surface area contributed by atoms with Crippen molar-refractivity contribution in [1.29, 1.82) is 0 Å². The monoisotopic (exact) mass is 224 g/mol. The van der Waals surface area contributed by atoms with Crippen molar-refractivity contribution in [2.24, 2.45) is 0 Å². The molecular weight excluding hydrogens is 214 g/mol. The van der Waals surface area contributed by atoms with E-state index in [1.54, 1.807) is 0 Å². The molecule has 0 aliphatic carbocycles. The van der Waals surface area contributed by atoms with E-state index in [-0.39, 0.29) is 18.7 Å². The van der Waals surface area contributed by atoms with Crippen molar-refractivity contribution in [2.45, 2.75) is 13.2 Å². The van der Waals surface area contributed by atoms with E-state index in [4.69, 9.17) is 5.11 Å². The fourth-order valence-corrected chi connectivity index (χ4v) is 1.48. The predicted octanol–water partition coefficient (Wildman–Crippen LogP) is 1.70. The summed E-state index contributed by atoms with van der Waals surface area (Å²) in [6, 6.07) is 3.72. The number of hydrogen-bond donors (Lipinski definition) is 1. The van der Waals surface area contributed by atoms with Crippen LogP contribution in [-0.2, 0) is 13.2 Å². The van der Waals surface area contributed by atoms with Crippen LogP contribution in [0, 0.1) is 11.6 Å². The van der Waals surface area contributed by atoms with E-state index in [0.29, 0.717) is 5.69 Å². The summed E-state index contributed by atoms with van der Waals surface area (Å²) in [5.74, 6) is -1.20. The molecule has 0 aliphatic heterocycles. The molecule has 0 saturated heterocycles. The van der Waals surface area contributed by atoms with Crippen LogP contribution >= 0.6 is 0 Å². The molecule has 84 valence electrons. The second kappa shape index (κ2) is 4.40. The number of benzene rings is 1. The van der Waals surface area contributed by atoms with Gasteiger partial charge in [-0.15, -0.1) is 0 Å². The van der Waals surface area contributed by atoms with E-state index in [1.807, 2.05) is 0 Å². The maximum atomic E-state index is 13.3. The van der Waals surface area contributed by atoms with Gasteiger partial charge in [-0.2, -0.15) is 0 Å². The molecule has 1 N–H and O–H groups in total. The van der Waals surface area contributed by atoms with Gasteiger partial charge >= 0.3 is 0 Å². The second-order valence-electron chi connectivity index (χ2n) is 3.37. The Morgan fingerprint density at radius 1 is 1.25 bits per heavy atom. The van der Waals surface area contributed by atoms with Crippen LogP contribution in [-0.4, -0.2) is 14.7 Å². The fraction of sp³-hybridized carbons (Fsp3) is 0.182. The zero-order valence-corrected chi connectivity index (χ0v) is 8.40. The van der Waals surface area contributed by atoms with Gasteiger partial charge in [0.05, 0.1) is 31.4 Å². The number of aliphatic hydroxyl groups is 1. The van der Waals surface area contributed by atoms with Crippen LogP contribution in [0.1, 0.15) is 11.3 Å². The number of rotatable bonds is 3. The lowest BCUT2D eigenvalue weighted by Crippen LogP contribution is -2.06. The van der Waals surface area contributed by atoms with Gasteiger partial charge in [0, 0.05) is 5.56 Å². The predicted molar refractivity (Wildman–Crippen MR) is 53.6 cm³/mol. The zero-order chi connectivity index (χ0) is 11.5. The van der Waals surface area contributed by atoms with E-state index >= 15 is 0 Å². The van der Waals surface area contributed by atoms with Crippen molar-refractivity contribution in [3.05, 3.63) is 53.6 Å². The number of imidazole rings is 1. The third-order valence-electron chi connectivity index (χ3n) is 2.35. The molecule has 5 heteroatoms. The summed E-state index contributed by atoms with van der Waals surface area (Å²) in [4.78, 5) is 3.81. The maximum absolute atomic E-state index is 13.3. The Balaban J connectivity index is 2.34. The largest absolute Gasteiger partial charge is 0.390 e. The Kier molecular flexibility index (Phi) is 2.96. The summed E-state index contributed by atoms with van der Waals surface area (Å²) in [7, 11) is 0. The third kappa shape index (κ3) is 1.94. The first-order chi connectivity index (χ1) is 7.72. The quantitative estimate of drug-likeness (QED) is 0.861. The molecule has 16 heavy (non-hydrogen) atoms. The van der Waals surface area contributed by atoms with Gasteiger partial charge in [0.1, 0.15) is 11.6 Å². The molecule has 0 bridgehead atoms. The fourth-order valence-electron chi connectivity index (χ4n) is 1.48. The molecule has 0 fully saturated rings. The van der Waals surface area contributed by atoms with Crippen LogP contribution in [0.15, 0.2) is 30.7 Å². The minimum Gasteiger partial charge on any atom is -0.390 e. The lowest BCUT2D eigenvalue weighted by molar-refractivity contribution is 0.271. The lowest BCUT2D eigenvalue weighted by Gasteiger charge is -2.08. The second-order valence-corrected chi connectivity index (χ2v) is 3.37. The molecule has 2 aromatic rings. The van der Waals surface area contributed by atoms with Crippen molar-refractivity contribution >= 4 is 0 Å². The average Bonchev–Trinajstić information content (AvgIpc) is 2.71. The molecule has 1 aromatic heterocycles. The van der Waals surface area contributed by atoms with E-state index < -0.39 is 11.6 Å². The normalized spacial score (nSPS) is 10.7. The number of nitrogens with zero attached hydrogens (tertiary/aromatic N) is 2. The molecule has 1 aromatic carbocycles. The van der Waals surface area contributed by atoms with Crippen molar-refractivity contribution in [3.8, 4) is 0 Å². The van der Waals surface area contributed by atoms with E-state index in [1.165, 1.54) is 35.3 Å². The molecule has 0 amide bonds. The van der Waals surface area contributed by atoms with Crippen molar-refractivity contribution in [2.75, 3.05) is 0 Å². The Labute approximate surface area is 91.0 Å². The van der Waals surface area contributed by atoms with Crippen molar-refractivity contribution in [1.82, 2.24) is 9.55 Å². The Morgan fingerprint density at radius 3 is 2.56 bits per heavy atom. The first kappa shape index (κ1) is 10.8. The highest BCUT2D eigenvalue weighted by Gasteiger charge is 2.10. The zero-order valence-electron chi connectivity index (χ0n) is 8.40. The van der Waals surface area contributed by atoms with Crippen LogP contribution in [0.25, 0.3) is 0 Å². The van der Waals surface area contributed by atoms with Crippen molar-refractivity contribution < 1.29 is 13.9 Å². The minimum atomic E-state index is -0.599. The molecular formula is C11H10F2N2O. The Morgan fingerprint density at radius 2 is 1.94 bits per heavy atom. The van der Waals surface area contributed by atoms with Gasteiger partial charge in [-0.25, -0.2) is 13.8 Å². The van der Waals surface area contributed by atoms with Crippen LogP contribution in [0.4, 0.5) is 8.78 Å². The Bertz CT molecular complexity index is 476. The van der Waals surface area contributed by atoms with E-state index in [2.05, 4.69) is 4.98 Å². The van der Waals surface area contributed by atoms with Crippen LogP contribution in [0.2, 0.25) is 0 Å². The van der Waals surface area contributed by atoms with Gasteiger partial charge in [-0.1, -0.05) is 6.07 Å². The molecule has 3 nitrogen and oxygen atoms in total. The first-order valence-electron chi connectivity index (χ1n) is 4.75. The third-order valence-corrected chi connectivity index (χ3v) is 2.35. The molecule has 2 rings (SSSR count). The van der Waals surface area contributed by atoms with Crippen LogP contribution in [0.3, 0.4) is 0 Å². The number of aromatic nitrogens is 2. The lowest BCUT2D eigenvalue weighted by atomic mass is 10.2. The standard InChI is InChI=1S/C11H10F2N2O/c12-10-2-1-3-11(13)9(10)5-15-7-14-4-8(15)6-16/h1-4,7,16H,5-6H2. The molecule has 0 radical (unpaired) electrons. The number of aliphatic hydroxyl groups excluding tert-OH is 1. The maximum Gasteiger partial charge on any atom is 0.131 e. The molecule has 0 unspecified atom stereocenters. The highest BCUT2D eigenvalue weighted by molar-refractivity contribution is 5.20. The highest BCUT2D eigenvalue weighted by Crippen LogP contribution is 2.14. The van der Waals surface area contributed by atoms with Gasteiger partial charge in [0.15, 0.2) is 0 Å². The summed E-state index contributed by atoms with van der Waals surface area (Å²) in [5, 5.41) is 8.98. The van der Waals surface area contributed by atoms with Crippen molar-refractivity contribution in [3.63, 3.8) is 0 Å². The smallest absolute Gasteiger partial charge is 0.131 e. The Hall–Kier alpha value is -1.75. The van der Waals surface area contributed by atoms with Gasteiger partial charge in [-0.05, 0) is 12.1 Å². The summed E-state index contributed by atoms with van der Waals surface area (Å²) in [5.41, 5.74) is 0.484. The molecule has 0 saturated carbocycles. The van der Waals surface area contributed by atoms with Gasteiger partial charge in [0.2, 0.25) is 0 Å². The summed E-state index contributed by atoms with van der Waals surface area (Å²) in [6.07, 6.45) is 2.89. The average molecular weight is 224 g/mol. The first-order valence-corrected chi connectivity index (χ1v) is 4.75.